The molecule has 19 heavy (non-hydrogen) atoms. The van der Waals surface area contributed by atoms with Gasteiger partial charge in [-0.2, -0.15) is 0 Å². The molecular formula is C13H24N2O4. The van der Waals surface area contributed by atoms with E-state index in [0.29, 0.717) is 39.1 Å². The zero-order chi connectivity index (χ0) is 14.3. The van der Waals surface area contributed by atoms with Crippen LogP contribution in [0.3, 0.4) is 0 Å². The van der Waals surface area contributed by atoms with E-state index in [4.69, 9.17) is 15.2 Å². The number of piperidine rings is 1. The predicted octanol–water partition coefficient (Wildman–Crippen LogP) is 1.14. The number of ether oxygens (including phenoxy) is 2. The number of nitrogens with zero attached hydrogens (tertiary/aromatic N) is 1. The van der Waals surface area contributed by atoms with Crippen LogP contribution >= 0.6 is 0 Å². The molecular weight excluding hydrogens is 248 g/mol. The van der Waals surface area contributed by atoms with Crippen molar-refractivity contribution in [3.05, 3.63) is 0 Å². The van der Waals surface area contributed by atoms with Crippen molar-refractivity contribution < 1.29 is 19.1 Å². The Morgan fingerprint density at radius 1 is 1.21 bits per heavy atom. The molecule has 110 valence electrons. The van der Waals surface area contributed by atoms with Crippen LogP contribution in [0, 0.1) is 5.92 Å². The first-order valence-corrected chi connectivity index (χ1v) is 6.89. The number of hydrogen-bond acceptors (Lipinski definition) is 5. The van der Waals surface area contributed by atoms with Gasteiger partial charge in [-0.3, -0.25) is 4.79 Å². The van der Waals surface area contributed by atoms with Crippen LogP contribution in [-0.4, -0.2) is 49.3 Å². The Kier molecular flexibility index (Phi) is 6.62. The molecule has 6 heteroatoms. The van der Waals surface area contributed by atoms with E-state index in [-0.39, 0.29) is 24.0 Å². The fraction of sp³-hybridized carbons (Fsp3) is 0.846. The Balaban J connectivity index is 2.41. The average molecular weight is 272 g/mol. The highest BCUT2D eigenvalue weighted by Crippen LogP contribution is 2.21. The van der Waals surface area contributed by atoms with Crippen molar-refractivity contribution in [1.29, 1.82) is 0 Å². The smallest absolute Gasteiger partial charge is 0.409 e. The van der Waals surface area contributed by atoms with Crippen LogP contribution in [0.1, 0.15) is 33.1 Å². The molecule has 1 aliphatic heterocycles. The molecule has 2 atom stereocenters. The van der Waals surface area contributed by atoms with E-state index >= 15 is 0 Å². The Morgan fingerprint density at radius 3 is 2.53 bits per heavy atom. The molecule has 2 unspecified atom stereocenters. The van der Waals surface area contributed by atoms with E-state index < -0.39 is 0 Å². The van der Waals surface area contributed by atoms with Gasteiger partial charge in [-0.05, 0) is 32.6 Å². The summed E-state index contributed by atoms with van der Waals surface area (Å²) in [7, 11) is 0. The minimum atomic E-state index is -0.321. The van der Waals surface area contributed by atoms with E-state index in [2.05, 4.69) is 0 Å². The van der Waals surface area contributed by atoms with Crippen LogP contribution < -0.4 is 5.73 Å². The number of likely N-dealkylation sites (tertiary alicyclic amines) is 1. The molecule has 1 rings (SSSR count). The molecule has 0 radical (unpaired) electrons. The van der Waals surface area contributed by atoms with Crippen molar-refractivity contribution >= 4 is 12.1 Å². The van der Waals surface area contributed by atoms with Gasteiger partial charge >= 0.3 is 12.1 Å². The number of esters is 1. The summed E-state index contributed by atoms with van der Waals surface area (Å²) in [6, 6.07) is -0.0506. The van der Waals surface area contributed by atoms with Gasteiger partial charge in [-0.15, -0.1) is 0 Å². The summed E-state index contributed by atoms with van der Waals surface area (Å²) < 4.78 is 9.88. The summed E-state index contributed by atoms with van der Waals surface area (Å²) in [5, 5.41) is 0. The molecule has 1 heterocycles. The molecule has 0 aromatic heterocycles. The maximum atomic E-state index is 11.7. The topological polar surface area (TPSA) is 81.9 Å². The van der Waals surface area contributed by atoms with Crippen molar-refractivity contribution in [3.63, 3.8) is 0 Å². The first-order chi connectivity index (χ1) is 9.06. The quantitative estimate of drug-likeness (QED) is 0.759. The normalized spacial score (nSPS) is 23.0. The number of carbonyl (C=O) groups is 2. The van der Waals surface area contributed by atoms with Gasteiger partial charge in [0.05, 0.1) is 13.2 Å². The molecule has 0 spiro atoms. The summed E-state index contributed by atoms with van der Waals surface area (Å²) in [6.45, 7) is 5.45. The third-order valence-electron chi connectivity index (χ3n) is 3.16. The summed E-state index contributed by atoms with van der Waals surface area (Å²) in [5.41, 5.74) is 5.95. The third kappa shape index (κ3) is 5.46. The average Bonchev–Trinajstić information content (AvgIpc) is 2.36. The van der Waals surface area contributed by atoms with Crippen LogP contribution in [-0.2, 0) is 14.3 Å². The lowest BCUT2D eigenvalue weighted by atomic mass is 9.91. The van der Waals surface area contributed by atoms with Gasteiger partial charge in [0, 0.05) is 25.6 Å². The SMILES string of the molecule is CCOC(=O)CCC1CC(N)CN(C(=O)OCC)C1. The van der Waals surface area contributed by atoms with Crippen LogP contribution in [0.25, 0.3) is 0 Å². The van der Waals surface area contributed by atoms with E-state index in [1.54, 1.807) is 18.7 Å². The molecule has 0 aromatic carbocycles. The monoisotopic (exact) mass is 272 g/mol. The molecule has 1 amide bonds. The lowest BCUT2D eigenvalue weighted by Crippen LogP contribution is -2.49. The van der Waals surface area contributed by atoms with E-state index in [9.17, 15) is 9.59 Å². The molecule has 1 saturated heterocycles. The largest absolute Gasteiger partial charge is 0.466 e. The molecule has 6 nitrogen and oxygen atoms in total. The summed E-state index contributed by atoms with van der Waals surface area (Å²) in [6.07, 6.45) is 1.58. The lowest BCUT2D eigenvalue weighted by Gasteiger charge is -2.35. The molecule has 0 saturated carbocycles. The highest BCUT2D eigenvalue weighted by molar-refractivity contribution is 5.69. The highest BCUT2D eigenvalue weighted by atomic mass is 16.6. The van der Waals surface area contributed by atoms with Crippen LogP contribution in [0.2, 0.25) is 0 Å². The second-order valence-corrected chi connectivity index (χ2v) is 4.81. The van der Waals surface area contributed by atoms with Crippen molar-refractivity contribution in [3.8, 4) is 0 Å². The fourth-order valence-electron chi connectivity index (χ4n) is 2.37. The van der Waals surface area contributed by atoms with Gasteiger partial charge in [0.2, 0.25) is 0 Å². The Labute approximate surface area is 114 Å². The Morgan fingerprint density at radius 2 is 1.89 bits per heavy atom. The van der Waals surface area contributed by atoms with Crippen molar-refractivity contribution in [2.24, 2.45) is 11.7 Å². The van der Waals surface area contributed by atoms with Gasteiger partial charge in [0.15, 0.2) is 0 Å². The highest BCUT2D eigenvalue weighted by Gasteiger charge is 2.29. The summed E-state index contributed by atoms with van der Waals surface area (Å²) >= 11 is 0. The van der Waals surface area contributed by atoms with Gasteiger partial charge in [0.1, 0.15) is 0 Å². The van der Waals surface area contributed by atoms with Crippen molar-refractivity contribution in [2.75, 3.05) is 26.3 Å². The molecule has 1 aliphatic rings. The maximum Gasteiger partial charge on any atom is 0.409 e. The van der Waals surface area contributed by atoms with E-state index in [0.717, 1.165) is 6.42 Å². The molecule has 2 N–H and O–H groups in total. The number of rotatable bonds is 5. The summed E-state index contributed by atoms with van der Waals surface area (Å²) in [5.74, 6) is 0.0434. The van der Waals surface area contributed by atoms with Crippen LogP contribution in [0.4, 0.5) is 4.79 Å². The van der Waals surface area contributed by atoms with Crippen molar-refractivity contribution in [1.82, 2.24) is 4.90 Å². The number of nitrogens with two attached hydrogens (primary N) is 1. The fourth-order valence-corrected chi connectivity index (χ4v) is 2.37. The first kappa shape index (κ1) is 15.8. The van der Waals surface area contributed by atoms with Crippen molar-refractivity contribution in [2.45, 2.75) is 39.2 Å². The third-order valence-corrected chi connectivity index (χ3v) is 3.16. The number of hydrogen-bond donors (Lipinski definition) is 1. The van der Waals surface area contributed by atoms with Crippen LogP contribution in [0.5, 0.6) is 0 Å². The lowest BCUT2D eigenvalue weighted by molar-refractivity contribution is -0.143. The van der Waals surface area contributed by atoms with Crippen LogP contribution in [0.15, 0.2) is 0 Å². The second-order valence-electron chi connectivity index (χ2n) is 4.81. The van der Waals surface area contributed by atoms with Gasteiger partial charge in [-0.1, -0.05) is 0 Å². The van der Waals surface area contributed by atoms with E-state index in [1.807, 2.05) is 0 Å². The standard InChI is InChI=1S/C13H24N2O4/c1-3-18-12(16)6-5-10-7-11(14)9-15(8-10)13(17)19-4-2/h10-11H,3-9,14H2,1-2H3. The van der Waals surface area contributed by atoms with Gasteiger partial charge in [-0.25, -0.2) is 4.79 Å². The summed E-state index contributed by atoms with van der Waals surface area (Å²) in [4.78, 5) is 24.6. The molecule has 0 aliphatic carbocycles. The molecule has 0 bridgehead atoms. The minimum absolute atomic E-state index is 0.0506. The minimum Gasteiger partial charge on any atom is -0.466 e. The second kappa shape index (κ2) is 7.99. The zero-order valence-electron chi connectivity index (χ0n) is 11.8. The van der Waals surface area contributed by atoms with Gasteiger partial charge < -0.3 is 20.1 Å². The molecule has 1 fully saturated rings. The Hall–Kier alpha value is -1.30. The first-order valence-electron chi connectivity index (χ1n) is 6.89. The predicted molar refractivity (Wildman–Crippen MR) is 70.5 cm³/mol. The van der Waals surface area contributed by atoms with E-state index in [1.165, 1.54) is 0 Å². The maximum absolute atomic E-state index is 11.7. The zero-order valence-corrected chi connectivity index (χ0v) is 11.8. The number of carbonyl (C=O) groups excluding carboxylic acids is 2. The van der Waals surface area contributed by atoms with Gasteiger partial charge in [0.25, 0.3) is 0 Å². The number of amides is 1. The Bertz CT molecular complexity index is 309. The molecule has 0 aromatic rings.